The van der Waals surface area contributed by atoms with Crippen LogP contribution in [0.5, 0.6) is 0 Å². The third kappa shape index (κ3) is 5.41. The minimum atomic E-state index is -0.172. The van der Waals surface area contributed by atoms with Crippen LogP contribution in [0.15, 0.2) is 53.8 Å². The maximum absolute atomic E-state index is 12.4. The highest BCUT2D eigenvalue weighted by atomic mass is 32.2. The molecule has 0 aliphatic carbocycles. The summed E-state index contributed by atoms with van der Waals surface area (Å²) in [5.41, 5.74) is 1.55. The van der Waals surface area contributed by atoms with Crippen molar-refractivity contribution in [3.63, 3.8) is 0 Å². The molecule has 1 aromatic carbocycles. The number of benzene rings is 1. The molecule has 2 aromatic heterocycles. The van der Waals surface area contributed by atoms with Crippen molar-refractivity contribution < 1.29 is 9.59 Å². The van der Waals surface area contributed by atoms with E-state index in [9.17, 15) is 9.59 Å². The fourth-order valence-electron chi connectivity index (χ4n) is 2.70. The van der Waals surface area contributed by atoms with Crippen LogP contribution in [0, 0.1) is 6.92 Å². The Labute approximate surface area is 173 Å². The molecule has 0 aliphatic heterocycles. The van der Waals surface area contributed by atoms with Crippen LogP contribution in [0.3, 0.4) is 0 Å². The molecule has 2 N–H and O–H groups in total. The number of aryl methyl sites for hydroxylation is 1. The minimum absolute atomic E-state index is 0.155. The number of nitrogens with zero attached hydrogens (tertiary/aromatic N) is 4. The number of pyridine rings is 1. The van der Waals surface area contributed by atoms with Gasteiger partial charge in [-0.1, -0.05) is 36.0 Å². The Balaban J connectivity index is 1.57. The summed E-state index contributed by atoms with van der Waals surface area (Å²) in [5, 5.41) is 14.6. The van der Waals surface area contributed by atoms with Crippen LogP contribution in [0.1, 0.15) is 28.7 Å². The average Bonchev–Trinajstić information content (AvgIpc) is 3.13. The molecule has 0 atom stereocenters. The van der Waals surface area contributed by atoms with Crippen molar-refractivity contribution in [1.82, 2.24) is 25.1 Å². The van der Waals surface area contributed by atoms with Crippen molar-refractivity contribution in [3.05, 3.63) is 65.6 Å². The van der Waals surface area contributed by atoms with Gasteiger partial charge in [0.15, 0.2) is 11.0 Å². The van der Waals surface area contributed by atoms with E-state index in [4.69, 9.17) is 0 Å². The van der Waals surface area contributed by atoms with Gasteiger partial charge in [-0.2, -0.15) is 0 Å². The molecule has 150 valence electrons. The summed E-state index contributed by atoms with van der Waals surface area (Å²) in [6, 6.07) is 12.7. The molecule has 0 spiro atoms. The second-order valence-corrected chi connectivity index (χ2v) is 7.13. The smallest absolute Gasteiger partial charge is 0.251 e. The summed E-state index contributed by atoms with van der Waals surface area (Å²) in [7, 11) is 0. The van der Waals surface area contributed by atoms with Gasteiger partial charge in [-0.25, -0.2) is 4.98 Å². The number of carbonyl (C=O) groups excluding carboxylic acids is 2. The Morgan fingerprint density at radius 3 is 2.62 bits per heavy atom. The highest BCUT2D eigenvalue weighted by Crippen LogP contribution is 2.17. The monoisotopic (exact) mass is 410 g/mol. The fourth-order valence-corrected chi connectivity index (χ4v) is 3.52. The molecule has 0 saturated heterocycles. The second kappa shape index (κ2) is 9.83. The summed E-state index contributed by atoms with van der Waals surface area (Å²) in [5.74, 6) is 1.01. The molecule has 0 aliphatic rings. The lowest BCUT2D eigenvalue weighted by molar-refractivity contribution is -0.113. The zero-order valence-electron chi connectivity index (χ0n) is 16.3. The maximum atomic E-state index is 12.4. The van der Waals surface area contributed by atoms with Crippen LogP contribution in [0.25, 0.3) is 0 Å². The van der Waals surface area contributed by atoms with E-state index in [1.54, 1.807) is 30.5 Å². The molecule has 3 rings (SSSR count). The third-order valence-corrected chi connectivity index (χ3v) is 5.14. The number of hydrogen-bond acceptors (Lipinski definition) is 6. The minimum Gasteiger partial charge on any atom is -0.345 e. The van der Waals surface area contributed by atoms with E-state index in [0.717, 1.165) is 5.56 Å². The zero-order chi connectivity index (χ0) is 20.6. The molecule has 2 amide bonds. The lowest BCUT2D eigenvalue weighted by atomic mass is 10.1. The Morgan fingerprint density at radius 2 is 1.90 bits per heavy atom. The first kappa shape index (κ1) is 20.5. The van der Waals surface area contributed by atoms with Gasteiger partial charge in [-0.15, -0.1) is 10.2 Å². The van der Waals surface area contributed by atoms with Gasteiger partial charge in [0.2, 0.25) is 5.91 Å². The van der Waals surface area contributed by atoms with Crippen LogP contribution < -0.4 is 10.6 Å². The van der Waals surface area contributed by atoms with Crippen molar-refractivity contribution in [2.24, 2.45) is 0 Å². The van der Waals surface area contributed by atoms with Gasteiger partial charge < -0.3 is 15.2 Å². The number of nitrogens with one attached hydrogen (secondary N) is 2. The van der Waals surface area contributed by atoms with E-state index in [-0.39, 0.29) is 24.1 Å². The standard InChI is InChI=1S/C20H22N6O2S/c1-3-26-17(12-22-19(28)15-9-5-4-8-14(15)2)24-25-20(26)29-13-18(27)23-16-10-6-7-11-21-16/h4-11H,3,12-13H2,1-2H3,(H,22,28)(H,21,23,27). The summed E-state index contributed by atoms with van der Waals surface area (Å²) in [6.45, 7) is 4.75. The summed E-state index contributed by atoms with van der Waals surface area (Å²) in [4.78, 5) is 28.6. The van der Waals surface area contributed by atoms with Gasteiger partial charge >= 0.3 is 0 Å². The number of anilines is 1. The molecule has 0 bridgehead atoms. The first-order valence-electron chi connectivity index (χ1n) is 9.18. The lowest BCUT2D eigenvalue weighted by Gasteiger charge is -2.09. The van der Waals surface area contributed by atoms with Gasteiger partial charge in [0.25, 0.3) is 5.91 Å². The molecule has 29 heavy (non-hydrogen) atoms. The summed E-state index contributed by atoms with van der Waals surface area (Å²) < 4.78 is 1.89. The number of rotatable bonds is 8. The normalized spacial score (nSPS) is 10.6. The van der Waals surface area contributed by atoms with Crippen molar-refractivity contribution in [1.29, 1.82) is 0 Å². The Bertz CT molecular complexity index is 990. The number of hydrogen-bond donors (Lipinski definition) is 2. The lowest BCUT2D eigenvalue weighted by Crippen LogP contribution is -2.25. The molecule has 0 saturated carbocycles. The summed E-state index contributed by atoms with van der Waals surface area (Å²) >= 11 is 1.29. The quantitative estimate of drug-likeness (QED) is 0.554. The van der Waals surface area contributed by atoms with E-state index in [0.29, 0.717) is 28.9 Å². The Hall–Kier alpha value is -3.20. The van der Waals surface area contributed by atoms with Gasteiger partial charge in [0, 0.05) is 18.3 Å². The molecule has 8 nitrogen and oxygen atoms in total. The fraction of sp³-hybridized carbons (Fsp3) is 0.250. The van der Waals surface area contributed by atoms with E-state index in [2.05, 4.69) is 25.8 Å². The van der Waals surface area contributed by atoms with Crippen LogP contribution in [-0.2, 0) is 17.9 Å². The highest BCUT2D eigenvalue weighted by molar-refractivity contribution is 7.99. The van der Waals surface area contributed by atoms with Crippen molar-refractivity contribution in [2.45, 2.75) is 32.1 Å². The molecule has 2 heterocycles. The molecule has 3 aromatic rings. The van der Waals surface area contributed by atoms with Gasteiger partial charge in [0.1, 0.15) is 5.82 Å². The molecule has 0 unspecified atom stereocenters. The van der Waals surface area contributed by atoms with Crippen molar-refractivity contribution >= 4 is 29.4 Å². The topological polar surface area (TPSA) is 102 Å². The van der Waals surface area contributed by atoms with E-state index in [1.165, 1.54) is 11.8 Å². The van der Waals surface area contributed by atoms with Crippen molar-refractivity contribution in [2.75, 3.05) is 11.1 Å². The first-order chi connectivity index (χ1) is 14.1. The van der Waals surface area contributed by atoms with Crippen LogP contribution in [0.2, 0.25) is 0 Å². The summed E-state index contributed by atoms with van der Waals surface area (Å²) in [6.07, 6.45) is 1.62. The molecular formula is C20H22N6O2S. The van der Waals surface area contributed by atoms with Crippen molar-refractivity contribution in [3.8, 4) is 0 Å². The molecular weight excluding hydrogens is 388 g/mol. The largest absolute Gasteiger partial charge is 0.345 e. The van der Waals surface area contributed by atoms with Gasteiger partial charge in [-0.3, -0.25) is 9.59 Å². The second-order valence-electron chi connectivity index (χ2n) is 6.19. The van der Waals surface area contributed by atoms with E-state index < -0.39 is 0 Å². The van der Waals surface area contributed by atoms with E-state index in [1.807, 2.05) is 36.6 Å². The van der Waals surface area contributed by atoms with Crippen LogP contribution >= 0.6 is 11.8 Å². The van der Waals surface area contributed by atoms with Crippen LogP contribution in [0.4, 0.5) is 5.82 Å². The highest BCUT2D eigenvalue weighted by Gasteiger charge is 2.15. The number of carbonyl (C=O) groups is 2. The first-order valence-corrected chi connectivity index (χ1v) is 10.2. The average molecular weight is 411 g/mol. The number of amides is 2. The Kier molecular flexibility index (Phi) is 6.96. The van der Waals surface area contributed by atoms with E-state index >= 15 is 0 Å². The molecule has 0 radical (unpaired) electrons. The third-order valence-electron chi connectivity index (χ3n) is 4.17. The number of thioether (sulfide) groups is 1. The predicted octanol–water partition coefficient (Wildman–Crippen LogP) is 2.66. The maximum Gasteiger partial charge on any atom is 0.251 e. The predicted molar refractivity (Wildman–Crippen MR) is 112 cm³/mol. The number of aromatic nitrogens is 4. The Morgan fingerprint density at radius 1 is 1.10 bits per heavy atom. The zero-order valence-corrected chi connectivity index (χ0v) is 17.1. The van der Waals surface area contributed by atoms with Gasteiger partial charge in [-0.05, 0) is 37.6 Å². The molecule has 0 fully saturated rings. The SMILES string of the molecule is CCn1c(CNC(=O)c2ccccc2C)nnc1SCC(=O)Nc1ccccn1. The van der Waals surface area contributed by atoms with Crippen LogP contribution in [-0.4, -0.2) is 37.3 Å². The van der Waals surface area contributed by atoms with Gasteiger partial charge in [0.05, 0.1) is 12.3 Å². The molecule has 9 heteroatoms.